The number of nitro groups is 1. The van der Waals surface area contributed by atoms with E-state index in [9.17, 15) is 10.1 Å². The molecule has 0 saturated carbocycles. The lowest BCUT2D eigenvalue weighted by Crippen LogP contribution is -1.88. The Labute approximate surface area is 63.3 Å². The van der Waals surface area contributed by atoms with E-state index in [2.05, 4.69) is 0 Å². The molecule has 0 aliphatic heterocycles. The monoisotopic (exact) mass is 156 g/mol. The molecule has 0 amide bonds. The first-order valence-electron chi connectivity index (χ1n) is 2.99. The summed E-state index contributed by atoms with van der Waals surface area (Å²) in [5, 5.41) is 10.3. The van der Waals surface area contributed by atoms with E-state index < -0.39 is 4.92 Å². The number of methoxy groups -OCH3 is 1. The van der Waals surface area contributed by atoms with Crippen molar-refractivity contribution in [3.05, 3.63) is 22.5 Å². The molecule has 0 aliphatic rings. The first-order chi connectivity index (χ1) is 5.15. The number of ether oxygens (including phenoxy) is 1. The maximum absolute atomic E-state index is 10.3. The van der Waals surface area contributed by atoms with Gasteiger partial charge in [-0.15, -0.1) is 0 Å². The number of hydrogen-bond acceptors (Lipinski definition) is 3. The number of hydrogen-bond donors (Lipinski definition) is 0. The first kappa shape index (κ1) is 7.59. The Hall–Kier alpha value is -1.52. The summed E-state index contributed by atoms with van der Waals surface area (Å²) in [6, 6.07) is 0. The summed E-state index contributed by atoms with van der Waals surface area (Å²) in [5.74, 6) is 0.289. The summed E-state index contributed by atoms with van der Waals surface area (Å²) in [4.78, 5) is 9.83. The van der Waals surface area contributed by atoms with E-state index in [1.165, 1.54) is 13.3 Å². The molecule has 1 heterocycles. The standard InChI is InChI=1S/C6H8N2O3/c1-7-3-5(8(9)10)6(4-7)11-2/h3-4H,1-2H3. The molecule has 0 atom stereocenters. The average molecular weight is 156 g/mol. The summed E-state index contributed by atoms with van der Waals surface area (Å²) < 4.78 is 6.35. The lowest BCUT2D eigenvalue weighted by atomic mass is 10.5. The molecule has 0 unspecified atom stereocenters. The van der Waals surface area contributed by atoms with Crippen LogP contribution in [0.5, 0.6) is 5.75 Å². The van der Waals surface area contributed by atoms with Crippen LogP contribution in [0, 0.1) is 10.1 Å². The van der Waals surface area contributed by atoms with E-state index >= 15 is 0 Å². The van der Waals surface area contributed by atoms with Crippen LogP contribution in [0.15, 0.2) is 12.4 Å². The van der Waals surface area contributed by atoms with Crippen molar-refractivity contribution >= 4 is 5.69 Å². The Morgan fingerprint density at radius 3 is 2.64 bits per heavy atom. The highest BCUT2D eigenvalue weighted by atomic mass is 16.6. The van der Waals surface area contributed by atoms with Gasteiger partial charge in [-0.2, -0.15) is 0 Å². The quantitative estimate of drug-likeness (QED) is 0.473. The Balaban J connectivity index is 3.12. The van der Waals surface area contributed by atoms with Crippen molar-refractivity contribution in [2.45, 2.75) is 0 Å². The normalized spacial score (nSPS) is 9.64. The Morgan fingerprint density at radius 2 is 2.27 bits per heavy atom. The van der Waals surface area contributed by atoms with Crippen molar-refractivity contribution in [3.8, 4) is 5.75 Å². The summed E-state index contributed by atoms with van der Waals surface area (Å²) in [6.07, 6.45) is 2.96. The van der Waals surface area contributed by atoms with Crippen LogP contribution >= 0.6 is 0 Å². The van der Waals surface area contributed by atoms with Crippen LogP contribution in [0.3, 0.4) is 0 Å². The van der Waals surface area contributed by atoms with Crippen LogP contribution in [0.25, 0.3) is 0 Å². The molecule has 0 fully saturated rings. The van der Waals surface area contributed by atoms with Gasteiger partial charge in [0.1, 0.15) is 0 Å². The van der Waals surface area contributed by atoms with Crippen LogP contribution in [0.1, 0.15) is 0 Å². The molecule has 0 bridgehead atoms. The van der Waals surface area contributed by atoms with Gasteiger partial charge in [0, 0.05) is 7.05 Å². The van der Waals surface area contributed by atoms with Gasteiger partial charge in [-0.25, -0.2) is 0 Å². The second kappa shape index (κ2) is 2.61. The van der Waals surface area contributed by atoms with Crippen molar-refractivity contribution < 1.29 is 9.66 Å². The molecule has 0 N–H and O–H groups in total. The predicted octanol–water partition coefficient (Wildman–Crippen LogP) is 0.942. The summed E-state index contributed by atoms with van der Waals surface area (Å²) in [7, 11) is 3.11. The smallest absolute Gasteiger partial charge is 0.328 e. The zero-order valence-corrected chi connectivity index (χ0v) is 6.27. The molecule has 0 spiro atoms. The van der Waals surface area contributed by atoms with Gasteiger partial charge in [-0.3, -0.25) is 10.1 Å². The van der Waals surface area contributed by atoms with E-state index in [0.717, 1.165) is 0 Å². The van der Waals surface area contributed by atoms with Gasteiger partial charge in [0.25, 0.3) is 0 Å². The SMILES string of the molecule is COc1cn(C)cc1[N+](=O)[O-]. The molecule has 0 radical (unpaired) electrons. The first-order valence-corrected chi connectivity index (χ1v) is 2.99. The van der Waals surface area contributed by atoms with Gasteiger partial charge in [0.2, 0.25) is 5.75 Å². The molecule has 5 nitrogen and oxygen atoms in total. The maximum Gasteiger partial charge on any atom is 0.328 e. The minimum atomic E-state index is -0.473. The predicted molar refractivity (Wildman–Crippen MR) is 38.6 cm³/mol. The summed E-state index contributed by atoms with van der Waals surface area (Å²) >= 11 is 0. The average Bonchev–Trinajstić information content (AvgIpc) is 2.30. The number of nitrogens with zero attached hydrogens (tertiary/aromatic N) is 2. The largest absolute Gasteiger partial charge is 0.489 e. The molecule has 0 aliphatic carbocycles. The van der Waals surface area contributed by atoms with Crippen molar-refractivity contribution in [1.82, 2.24) is 4.57 Å². The van der Waals surface area contributed by atoms with E-state index in [1.54, 1.807) is 17.8 Å². The van der Waals surface area contributed by atoms with Crippen LogP contribution < -0.4 is 4.74 Å². The minimum Gasteiger partial charge on any atom is -0.489 e. The zero-order valence-electron chi connectivity index (χ0n) is 6.27. The Bertz CT molecular complexity index is 279. The second-order valence-electron chi connectivity index (χ2n) is 2.13. The van der Waals surface area contributed by atoms with Crippen molar-refractivity contribution in [3.63, 3.8) is 0 Å². The van der Waals surface area contributed by atoms with E-state index in [0.29, 0.717) is 0 Å². The lowest BCUT2D eigenvalue weighted by Gasteiger charge is -1.91. The number of aromatic nitrogens is 1. The van der Waals surface area contributed by atoms with Crippen LogP contribution in [-0.2, 0) is 7.05 Å². The van der Waals surface area contributed by atoms with Gasteiger partial charge in [0.15, 0.2) is 0 Å². The fraction of sp³-hybridized carbons (Fsp3) is 0.333. The Kier molecular flexibility index (Phi) is 1.80. The van der Waals surface area contributed by atoms with Crippen molar-refractivity contribution in [1.29, 1.82) is 0 Å². The van der Waals surface area contributed by atoms with Gasteiger partial charge in [-0.05, 0) is 0 Å². The zero-order chi connectivity index (χ0) is 8.43. The fourth-order valence-corrected chi connectivity index (χ4v) is 0.839. The molecule has 5 heteroatoms. The maximum atomic E-state index is 10.3. The van der Waals surface area contributed by atoms with Gasteiger partial charge in [-0.1, -0.05) is 0 Å². The topological polar surface area (TPSA) is 57.3 Å². The molecule has 1 aromatic heterocycles. The summed E-state index contributed by atoms with van der Waals surface area (Å²) in [5.41, 5.74) is -0.00463. The third-order valence-electron chi connectivity index (χ3n) is 1.32. The number of aryl methyl sites for hydroxylation is 1. The van der Waals surface area contributed by atoms with Crippen LogP contribution in [0.2, 0.25) is 0 Å². The highest BCUT2D eigenvalue weighted by molar-refractivity contribution is 5.44. The number of rotatable bonds is 2. The minimum absolute atomic E-state index is 0.00463. The third-order valence-corrected chi connectivity index (χ3v) is 1.32. The molecule has 60 valence electrons. The Morgan fingerprint density at radius 1 is 1.64 bits per heavy atom. The van der Waals surface area contributed by atoms with Crippen molar-refractivity contribution in [2.24, 2.45) is 7.05 Å². The highest BCUT2D eigenvalue weighted by Gasteiger charge is 2.15. The molecular weight excluding hydrogens is 148 g/mol. The molecule has 1 rings (SSSR count). The van der Waals surface area contributed by atoms with Gasteiger partial charge >= 0.3 is 5.69 Å². The molecule has 11 heavy (non-hydrogen) atoms. The van der Waals surface area contributed by atoms with Crippen LogP contribution in [-0.4, -0.2) is 16.6 Å². The lowest BCUT2D eigenvalue weighted by molar-refractivity contribution is -0.385. The molecule has 0 aromatic carbocycles. The van der Waals surface area contributed by atoms with Crippen molar-refractivity contribution in [2.75, 3.05) is 7.11 Å². The second-order valence-corrected chi connectivity index (χ2v) is 2.13. The van der Waals surface area contributed by atoms with Gasteiger partial charge < -0.3 is 9.30 Å². The summed E-state index contributed by atoms with van der Waals surface area (Å²) in [6.45, 7) is 0. The fourth-order valence-electron chi connectivity index (χ4n) is 0.839. The van der Waals surface area contributed by atoms with E-state index in [4.69, 9.17) is 4.74 Å². The highest BCUT2D eigenvalue weighted by Crippen LogP contribution is 2.26. The van der Waals surface area contributed by atoms with E-state index in [1.807, 2.05) is 0 Å². The molecule has 1 aromatic rings. The van der Waals surface area contributed by atoms with E-state index in [-0.39, 0.29) is 11.4 Å². The third kappa shape index (κ3) is 1.31. The molecule has 0 saturated heterocycles. The van der Waals surface area contributed by atoms with Crippen LogP contribution in [0.4, 0.5) is 5.69 Å². The molecular formula is C6H8N2O3. The van der Waals surface area contributed by atoms with Gasteiger partial charge in [0.05, 0.1) is 24.4 Å².